The predicted molar refractivity (Wildman–Crippen MR) is 76.7 cm³/mol. The molecular formula is C16H19NO3. The first-order valence-electron chi connectivity index (χ1n) is 7.00. The number of ether oxygens (including phenoxy) is 1. The molecule has 1 aliphatic rings. The van der Waals surface area contributed by atoms with Gasteiger partial charge in [0.25, 0.3) is 0 Å². The van der Waals surface area contributed by atoms with Gasteiger partial charge >= 0.3 is 5.97 Å². The number of para-hydroxylation sites is 1. The summed E-state index contributed by atoms with van der Waals surface area (Å²) in [5.74, 6) is -0.740. The summed E-state index contributed by atoms with van der Waals surface area (Å²) in [6, 6.07) is 8.11. The van der Waals surface area contributed by atoms with Crippen LogP contribution in [0.4, 0.5) is 0 Å². The highest BCUT2D eigenvalue weighted by Gasteiger charge is 2.44. The van der Waals surface area contributed by atoms with Crippen LogP contribution in [0.2, 0.25) is 0 Å². The second-order valence-corrected chi connectivity index (χ2v) is 5.74. The van der Waals surface area contributed by atoms with E-state index in [1.54, 1.807) is 0 Å². The fourth-order valence-corrected chi connectivity index (χ4v) is 3.25. The van der Waals surface area contributed by atoms with E-state index in [-0.39, 0.29) is 12.3 Å². The number of hydrogen-bond donors (Lipinski definition) is 2. The highest BCUT2D eigenvalue weighted by atomic mass is 16.5. The third-order valence-electron chi connectivity index (χ3n) is 4.29. The van der Waals surface area contributed by atoms with Crippen LogP contribution in [0.5, 0.6) is 0 Å². The number of fused-ring (bicyclic) bond motifs is 3. The first-order valence-corrected chi connectivity index (χ1v) is 7.00. The lowest BCUT2D eigenvalue weighted by atomic mass is 9.80. The van der Waals surface area contributed by atoms with E-state index in [9.17, 15) is 9.90 Å². The Morgan fingerprint density at radius 3 is 2.90 bits per heavy atom. The van der Waals surface area contributed by atoms with Gasteiger partial charge < -0.3 is 14.8 Å². The molecule has 106 valence electrons. The summed E-state index contributed by atoms with van der Waals surface area (Å²) in [7, 11) is 0. The van der Waals surface area contributed by atoms with Gasteiger partial charge in [-0.05, 0) is 24.0 Å². The fourth-order valence-electron chi connectivity index (χ4n) is 3.25. The lowest BCUT2D eigenvalue weighted by Crippen LogP contribution is -2.42. The second-order valence-electron chi connectivity index (χ2n) is 5.74. The standard InChI is InChI=1S/C16H19NO3/c1-10(2)16(9-14(18)19)15-12(7-8-20-16)11-5-3-4-6-13(11)17-15/h3-6,10,17H,7-9H2,1-2H3,(H,18,19)/t16-/m0/s1. The van der Waals surface area contributed by atoms with Crippen molar-refractivity contribution in [2.24, 2.45) is 5.92 Å². The molecule has 0 amide bonds. The van der Waals surface area contributed by atoms with Crippen molar-refractivity contribution in [3.8, 4) is 0 Å². The molecule has 0 fully saturated rings. The number of nitrogens with one attached hydrogen (secondary N) is 1. The Kier molecular flexibility index (Phi) is 3.05. The molecule has 3 rings (SSSR count). The first kappa shape index (κ1) is 13.2. The highest BCUT2D eigenvalue weighted by molar-refractivity contribution is 5.85. The maximum atomic E-state index is 11.3. The average Bonchev–Trinajstić information content (AvgIpc) is 2.78. The van der Waals surface area contributed by atoms with Crippen LogP contribution in [0.3, 0.4) is 0 Å². The van der Waals surface area contributed by atoms with Crippen molar-refractivity contribution in [1.82, 2.24) is 4.98 Å². The minimum Gasteiger partial charge on any atom is -0.481 e. The van der Waals surface area contributed by atoms with Crippen LogP contribution in [-0.2, 0) is 21.6 Å². The third-order valence-corrected chi connectivity index (χ3v) is 4.29. The van der Waals surface area contributed by atoms with E-state index in [0.29, 0.717) is 6.61 Å². The fraction of sp³-hybridized carbons (Fsp3) is 0.438. The monoisotopic (exact) mass is 273 g/mol. The van der Waals surface area contributed by atoms with E-state index < -0.39 is 11.6 Å². The maximum Gasteiger partial charge on any atom is 0.306 e. The number of rotatable bonds is 3. The van der Waals surface area contributed by atoms with Crippen LogP contribution in [0.15, 0.2) is 24.3 Å². The second kappa shape index (κ2) is 4.63. The maximum absolute atomic E-state index is 11.3. The molecular weight excluding hydrogens is 254 g/mol. The van der Waals surface area contributed by atoms with Gasteiger partial charge in [0.2, 0.25) is 0 Å². The van der Waals surface area contributed by atoms with Crippen molar-refractivity contribution in [3.05, 3.63) is 35.5 Å². The van der Waals surface area contributed by atoms with Gasteiger partial charge in [0, 0.05) is 10.9 Å². The van der Waals surface area contributed by atoms with Gasteiger partial charge in [0.1, 0.15) is 5.60 Å². The van der Waals surface area contributed by atoms with E-state index in [2.05, 4.69) is 11.1 Å². The molecule has 0 saturated heterocycles. The number of aromatic amines is 1. The van der Waals surface area contributed by atoms with E-state index in [0.717, 1.165) is 17.6 Å². The SMILES string of the molecule is CC(C)[C@]1(CC(=O)O)OCCc2c1[nH]c1ccccc21. The van der Waals surface area contributed by atoms with Crippen molar-refractivity contribution in [2.45, 2.75) is 32.3 Å². The topological polar surface area (TPSA) is 62.3 Å². The molecule has 2 heterocycles. The Hall–Kier alpha value is -1.81. The molecule has 0 bridgehead atoms. The Bertz CT molecular complexity index is 659. The van der Waals surface area contributed by atoms with Crippen LogP contribution >= 0.6 is 0 Å². The van der Waals surface area contributed by atoms with Gasteiger partial charge in [-0.15, -0.1) is 0 Å². The van der Waals surface area contributed by atoms with Crippen LogP contribution in [0.25, 0.3) is 10.9 Å². The van der Waals surface area contributed by atoms with E-state index in [1.807, 2.05) is 32.0 Å². The summed E-state index contributed by atoms with van der Waals surface area (Å²) < 4.78 is 5.98. The summed E-state index contributed by atoms with van der Waals surface area (Å²) in [5.41, 5.74) is 2.46. The van der Waals surface area contributed by atoms with Crippen molar-refractivity contribution >= 4 is 16.9 Å². The smallest absolute Gasteiger partial charge is 0.306 e. The molecule has 20 heavy (non-hydrogen) atoms. The molecule has 0 aliphatic carbocycles. The number of aliphatic carboxylic acids is 1. The predicted octanol–water partition coefficient (Wildman–Crippen LogP) is 3.07. The van der Waals surface area contributed by atoms with Crippen LogP contribution in [0.1, 0.15) is 31.5 Å². The number of aromatic nitrogens is 1. The summed E-state index contributed by atoms with van der Waals surface area (Å²) in [5, 5.41) is 10.5. The van der Waals surface area contributed by atoms with Crippen molar-refractivity contribution in [1.29, 1.82) is 0 Å². The number of benzene rings is 1. The Balaban J connectivity index is 2.23. The lowest BCUT2D eigenvalue weighted by Gasteiger charge is -2.39. The molecule has 0 spiro atoms. The van der Waals surface area contributed by atoms with E-state index >= 15 is 0 Å². The molecule has 0 radical (unpaired) electrons. The first-order chi connectivity index (χ1) is 9.54. The van der Waals surface area contributed by atoms with Gasteiger partial charge in [-0.25, -0.2) is 0 Å². The largest absolute Gasteiger partial charge is 0.481 e. The summed E-state index contributed by atoms with van der Waals surface area (Å²) in [4.78, 5) is 14.7. The normalized spacial score (nSPS) is 22.1. The zero-order chi connectivity index (χ0) is 14.3. The minimum absolute atomic E-state index is 0.00944. The molecule has 1 aliphatic heterocycles. The molecule has 0 unspecified atom stereocenters. The summed E-state index contributed by atoms with van der Waals surface area (Å²) in [6.07, 6.45) is 0.817. The highest BCUT2D eigenvalue weighted by Crippen LogP contribution is 2.43. The molecule has 1 atom stereocenters. The number of H-pyrrole nitrogens is 1. The van der Waals surface area contributed by atoms with Gasteiger partial charge in [-0.1, -0.05) is 32.0 Å². The molecule has 0 saturated carbocycles. The van der Waals surface area contributed by atoms with Crippen molar-refractivity contribution in [2.75, 3.05) is 6.61 Å². The zero-order valence-corrected chi connectivity index (χ0v) is 11.8. The Labute approximate surface area is 117 Å². The van der Waals surface area contributed by atoms with E-state index in [1.165, 1.54) is 10.9 Å². The van der Waals surface area contributed by atoms with Gasteiger partial charge in [0.05, 0.1) is 18.7 Å². The molecule has 2 N–H and O–H groups in total. The average molecular weight is 273 g/mol. The summed E-state index contributed by atoms with van der Waals surface area (Å²) in [6.45, 7) is 4.60. The Morgan fingerprint density at radius 2 is 2.20 bits per heavy atom. The van der Waals surface area contributed by atoms with Crippen LogP contribution in [0, 0.1) is 5.92 Å². The number of hydrogen-bond acceptors (Lipinski definition) is 2. The van der Waals surface area contributed by atoms with Crippen LogP contribution in [-0.4, -0.2) is 22.7 Å². The minimum atomic E-state index is -0.829. The zero-order valence-electron chi connectivity index (χ0n) is 11.8. The molecule has 2 aromatic rings. The van der Waals surface area contributed by atoms with Gasteiger partial charge in [-0.2, -0.15) is 0 Å². The molecule has 4 nitrogen and oxygen atoms in total. The summed E-state index contributed by atoms with van der Waals surface area (Å²) >= 11 is 0. The van der Waals surface area contributed by atoms with E-state index in [4.69, 9.17) is 4.74 Å². The molecule has 4 heteroatoms. The molecule has 1 aromatic heterocycles. The number of carbonyl (C=O) groups is 1. The quantitative estimate of drug-likeness (QED) is 0.903. The number of carboxylic acids is 1. The van der Waals surface area contributed by atoms with Crippen LogP contribution < -0.4 is 0 Å². The lowest BCUT2D eigenvalue weighted by molar-refractivity contribution is -0.154. The third kappa shape index (κ3) is 1.83. The Morgan fingerprint density at radius 1 is 1.45 bits per heavy atom. The van der Waals surface area contributed by atoms with Gasteiger partial charge in [-0.3, -0.25) is 4.79 Å². The van der Waals surface area contributed by atoms with Crippen molar-refractivity contribution < 1.29 is 14.6 Å². The van der Waals surface area contributed by atoms with Gasteiger partial charge in [0.15, 0.2) is 0 Å². The molecule has 1 aromatic carbocycles. The van der Waals surface area contributed by atoms with Crippen molar-refractivity contribution in [3.63, 3.8) is 0 Å². The number of carboxylic acid groups (broad SMARTS) is 1.